The molecule has 1 aliphatic carbocycles. The molecule has 0 spiro atoms. The van der Waals surface area contributed by atoms with E-state index in [4.69, 9.17) is 5.73 Å². The zero-order valence-electron chi connectivity index (χ0n) is 11.7. The summed E-state index contributed by atoms with van der Waals surface area (Å²) in [5.41, 5.74) is 8.08. The first-order valence-corrected chi connectivity index (χ1v) is 7.22. The van der Waals surface area contributed by atoms with E-state index in [1.807, 2.05) is 0 Å². The Morgan fingerprint density at radius 3 is 2.42 bits per heavy atom. The van der Waals surface area contributed by atoms with E-state index in [-0.39, 0.29) is 11.8 Å². The summed E-state index contributed by atoms with van der Waals surface area (Å²) >= 11 is 0. The Labute approximate surface area is 115 Å². The lowest BCUT2D eigenvalue weighted by atomic mass is 9.81. The Morgan fingerprint density at radius 2 is 1.84 bits per heavy atom. The van der Waals surface area contributed by atoms with Gasteiger partial charge in [0.05, 0.1) is 0 Å². The van der Waals surface area contributed by atoms with E-state index >= 15 is 0 Å². The first-order chi connectivity index (χ1) is 9.19. The third kappa shape index (κ3) is 4.06. The van der Waals surface area contributed by atoms with Crippen LogP contribution in [0.3, 0.4) is 0 Å². The second-order valence-electron chi connectivity index (χ2n) is 5.66. The van der Waals surface area contributed by atoms with Gasteiger partial charge in [0, 0.05) is 12.5 Å². The summed E-state index contributed by atoms with van der Waals surface area (Å²) in [7, 11) is 0. The quantitative estimate of drug-likeness (QED) is 0.873. The molecule has 104 valence electrons. The lowest BCUT2D eigenvalue weighted by molar-refractivity contribution is -0.126. The number of aryl methyl sites for hydroxylation is 1. The summed E-state index contributed by atoms with van der Waals surface area (Å²) in [6, 6.07) is 8.30. The van der Waals surface area contributed by atoms with Crippen molar-refractivity contribution in [3.05, 3.63) is 35.4 Å². The third-order valence-electron chi connectivity index (χ3n) is 4.14. The molecule has 0 atom stereocenters. The lowest BCUT2D eigenvalue weighted by Gasteiger charge is -2.26. The molecule has 3 N–H and O–H groups in total. The molecule has 3 nitrogen and oxygen atoms in total. The zero-order chi connectivity index (χ0) is 13.7. The summed E-state index contributed by atoms with van der Waals surface area (Å²) < 4.78 is 0. The number of nitrogens with two attached hydrogens (primary N) is 1. The molecule has 0 radical (unpaired) electrons. The van der Waals surface area contributed by atoms with Crippen LogP contribution in [0.4, 0.5) is 0 Å². The van der Waals surface area contributed by atoms with Gasteiger partial charge in [-0.05, 0) is 50.6 Å². The second-order valence-corrected chi connectivity index (χ2v) is 5.66. The first kappa shape index (κ1) is 14.1. The summed E-state index contributed by atoms with van der Waals surface area (Å²) in [6.45, 7) is 3.46. The van der Waals surface area contributed by atoms with E-state index in [0.717, 1.165) is 37.8 Å². The predicted octanol–water partition coefficient (Wildman–Crippen LogP) is 2.38. The third-order valence-corrected chi connectivity index (χ3v) is 4.14. The Hall–Kier alpha value is -1.35. The molecule has 0 bridgehead atoms. The highest BCUT2D eigenvalue weighted by Gasteiger charge is 2.25. The van der Waals surface area contributed by atoms with Gasteiger partial charge in [0.25, 0.3) is 0 Å². The molecule has 1 amide bonds. The van der Waals surface area contributed by atoms with Gasteiger partial charge in [-0.2, -0.15) is 0 Å². The largest absolute Gasteiger partial charge is 0.352 e. The van der Waals surface area contributed by atoms with Crippen LogP contribution in [0.15, 0.2) is 24.3 Å². The molecule has 0 aliphatic heterocycles. The first-order valence-electron chi connectivity index (χ1n) is 7.22. The minimum atomic E-state index is 0.188. The van der Waals surface area contributed by atoms with Crippen molar-refractivity contribution in [1.82, 2.24) is 5.32 Å². The van der Waals surface area contributed by atoms with E-state index < -0.39 is 0 Å². The van der Waals surface area contributed by atoms with Crippen LogP contribution in [0.1, 0.15) is 36.8 Å². The van der Waals surface area contributed by atoms with Gasteiger partial charge in [0.2, 0.25) is 5.91 Å². The normalized spacial score (nSPS) is 23.1. The molecular weight excluding hydrogens is 236 g/mol. The molecule has 2 rings (SSSR count). The number of carbonyl (C=O) groups is 1. The summed E-state index contributed by atoms with van der Waals surface area (Å²) in [5, 5.41) is 3.05. The highest BCUT2D eigenvalue weighted by Crippen LogP contribution is 2.28. The molecule has 1 aliphatic rings. The van der Waals surface area contributed by atoms with Crippen LogP contribution in [0.2, 0.25) is 0 Å². The number of rotatable bonds is 4. The van der Waals surface area contributed by atoms with Gasteiger partial charge in [-0.25, -0.2) is 0 Å². The average Bonchev–Trinajstić information content (AvgIpc) is 2.46. The molecule has 0 heterocycles. The van der Waals surface area contributed by atoms with Gasteiger partial charge < -0.3 is 11.1 Å². The van der Waals surface area contributed by atoms with Crippen LogP contribution in [0.5, 0.6) is 0 Å². The van der Waals surface area contributed by atoms with Crippen molar-refractivity contribution in [2.45, 2.75) is 39.2 Å². The molecule has 3 heteroatoms. The maximum atomic E-state index is 12.1. The molecule has 19 heavy (non-hydrogen) atoms. The number of hydrogen-bond donors (Lipinski definition) is 2. The fourth-order valence-electron chi connectivity index (χ4n) is 2.70. The summed E-state index contributed by atoms with van der Waals surface area (Å²) in [5.74, 6) is 1.02. The number of benzene rings is 1. The van der Waals surface area contributed by atoms with E-state index in [0.29, 0.717) is 12.5 Å². The molecule has 0 aromatic heterocycles. The molecule has 1 fully saturated rings. The van der Waals surface area contributed by atoms with Gasteiger partial charge in [-0.3, -0.25) is 4.79 Å². The van der Waals surface area contributed by atoms with Gasteiger partial charge >= 0.3 is 0 Å². The fraction of sp³-hybridized carbons (Fsp3) is 0.562. The number of amides is 1. The molecule has 1 aromatic rings. The number of hydrogen-bond acceptors (Lipinski definition) is 2. The smallest absolute Gasteiger partial charge is 0.223 e. The second kappa shape index (κ2) is 6.71. The van der Waals surface area contributed by atoms with Gasteiger partial charge in [-0.1, -0.05) is 29.8 Å². The van der Waals surface area contributed by atoms with Gasteiger partial charge in [0.1, 0.15) is 0 Å². The van der Waals surface area contributed by atoms with E-state index in [2.05, 4.69) is 36.5 Å². The minimum Gasteiger partial charge on any atom is -0.352 e. The molecule has 0 unspecified atom stereocenters. The molecule has 1 aromatic carbocycles. The lowest BCUT2D eigenvalue weighted by Crippen LogP contribution is -2.33. The van der Waals surface area contributed by atoms with Crippen molar-refractivity contribution < 1.29 is 4.79 Å². The summed E-state index contributed by atoms with van der Waals surface area (Å²) in [6.07, 6.45) is 4.17. The van der Waals surface area contributed by atoms with E-state index in [9.17, 15) is 4.79 Å². The highest BCUT2D eigenvalue weighted by atomic mass is 16.1. The van der Waals surface area contributed by atoms with E-state index in [1.54, 1.807) is 0 Å². The monoisotopic (exact) mass is 260 g/mol. The van der Waals surface area contributed by atoms with Crippen LogP contribution in [-0.4, -0.2) is 12.5 Å². The van der Waals surface area contributed by atoms with Gasteiger partial charge in [-0.15, -0.1) is 0 Å². The van der Waals surface area contributed by atoms with Crippen LogP contribution in [-0.2, 0) is 11.3 Å². The minimum absolute atomic E-state index is 0.188. The predicted molar refractivity (Wildman–Crippen MR) is 77.5 cm³/mol. The topological polar surface area (TPSA) is 55.1 Å². The van der Waals surface area contributed by atoms with Crippen molar-refractivity contribution in [3.63, 3.8) is 0 Å². The highest BCUT2D eigenvalue weighted by molar-refractivity contribution is 5.78. The molecular formula is C16H24N2O. The van der Waals surface area contributed by atoms with Crippen molar-refractivity contribution in [2.24, 2.45) is 17.6 Å². The fourth-order valence-corrected chi connectivity index (χ4v) is 2.70. The number of nitrogens with one attached hydrogen (secondary N) is 1. The molecule has 0 saturated heterocycles. The number of carbonyl (C=O) groups excluding carboxylic acids is 1. The maximum absolute atomic E-state index is 12.1. The van der Waals surface area contributed by atoms with Crippen molar-refractivity contribution in [2.75, 3.05) is 6.54 Å². The van der Waals surface area contributed by atoms with E-state index in [1.165, 1.54) is 5.56 Å². The SMILES string of the molecule is Cc1ccc(CNC(=O)[C@H]2CC[C@H](CN)CC2)cc1. The summed E-state index contributed by atoms with van der Waals surface area (Å²) in [4.78, 5) is 12.1. The Bertz CT molecular complexity index is 405. The Morgan fingerprint density at radius 1 is 1.21 bits per heavy atom. The van der Waals surface area contributed by atoms with Crippen LogP contribution < -0.4 is 11.1 Å². The average molecular weight is 260 g/mol. The molecule has 1 saturated carbocycles. The van der Waals surface area contributed by atoms with Crippen LogP contribution >= 0.6 is 0 Å². The standard InChI is InChI=1S/C16H24N2O/c1-12-2-4-14(5-3-12)11-18-16(19)15-8-6-13(10-17)7-9-15/h2-5,13,15H,6-11,17H2,1H3,(H,18,19)/t13-,15-. The zero-order valence-corrected chi connectivity index (χ0v) is 11.7. The van der Waals surface area contributed by atoms with Crippen molar-refractivity contribution >= 4 is 5.91 Å². The maximum Gasteiger partial charge on any atom is 0.223 e. The van der Waals surface area contributed by atoms with Gasteiger partial charge in [0.15, 0.2) is 0 Å². The van der Waals surface area contributed by atoms with Crippen LogP contribution in [0, 0.1) is 18.8 Å². The Kier molecular flexibility index (Phi) is 4.97. The van der Waals surface area contributed by atoms with Crippen LogP contribution in [0.25, 0.3) is 0 Å². The Balaban J connectivity index is 1.77. The van der Waals surface area contributed by atoms with Crippen molar-refractivity contribution in [1.29, 1.82) is 0 Å². The van der Waals surface area contributed by atoms with Crippen molar-refractivity contribution in [3.8, 4) is 0 Å².